The van der Waals surface area contributed by atoms with E-state index in [9.17, 15) is 13.2 Å². The molecule has 0 saturated heterocycles. The highest BCUT2D eigenvalue weighted by atomic mass is 32.2. The monoisotopic (exact) mass is 388 g/mol. The molecule has 0 saturated carbocycles. The van der Waals surface area contributed by atoms with Gasteiger partial charge >= 0.3 is 0 Å². The number of anilines is 1. The van der Waals surface area contributed by atoms with Gasteiger partial charge in [-0.2, -0.15) is 0 Å². The fourth-order valence-electron chi connectivity index (χ4n) is 2.58. The molecule has 1 N–H and O–H groups in total. The third-order valence-electron chi connectivity index (χ3n) is 4.75. The van der Waals surface area contributed by atoms with Crippen LogP contribution in [-0.4, -0.2) is 26.6 Å². The van der Waals surface area contributed by atoms with Gasteiger partial charge in [-0.1, -0.05) is 38.1 Å². The molecule has 146 valence electrons. The first kappa shape index (κ1) is 21.0. The summed E-state index contributed by atoms with van der Waals surface area (Å²) in [5, 5.41) is 2.95. The summed E-state index contributed by atoms with van der Waals surface area (Å²) in [4.78, 5) is 12.3. The van der Waals surface area contributed by atoms with Gasteiger partial charge in [0.25, 0.3) is 5.91 Å². The molecular formula is C21H28N2O3S. The van der Waals surface area contributed by atoms with Crippen molar-refractivity contribution in [1.82, 2.24) is 5.32 Å². The van der Waals surface area contributed by atoms with Gasteiger partial charge in [0, 0.05) is 11.6 Å². The van der Waals surface area contributed by atoms with Crippen LogP contribution >= 0.6 is 0 Å². The second-order valence-corrected chi connectivity index (χ2v) is 9.16. The Morgan fingerprint density at radius 2 is 1.63 bits per heavy atom. The molecule has 0 aliphatic heterocycles. The lowest BCUT2D eigenvalue weighted by Gasteiger charge is -2.24. The lowest BCUT2D eigenvalue weighted by atomic mass is 10.1. The number of sulfonamides is 1. The quantitative estimate of drug-likeness (QED) is 0.786. The van der Waals surface area contributed by atoms with Crippen molar-refractivity contribution in [2.45, 2.75) is 40.3 Å². The zero-order chi connectivity index (χ0) is 20.2. The van der Waals surface area contributed by atoms with Crippen LogP contribution in [0.4, 0.5) is 5.69 Å². The fraction of sp³-hybridized carbons (Fsp3) is 0.381. The van der Waals surface area contributed by atoms with E-state index >= 15 is 0 Å². The number of nitrogens with zero attached hydrogens (tertiary/aromatic N) is 1. The van der Waals surface area contributed by atoms with Crippen molar-refractivity contribution in [3.05, 3.63) is 65.2 Å². The number of rotatable bonds is 7. The van der Waals surface area contributed by atoms with Gasteiger partial charge in [0.2, 0.25) is 10.0 Å². The maximum atomic E-state index is 12.3. The molecule has 2 rings (SSSR count). The van der Waals surface area contributed by atoms with E-state index in [1.807, 2.05) is 52.0 Å². The minimum atomic E-state index is -3.46. The molecule has 0 spiro atoms. The van der Waals surface area contributed by atoms with Gasteiger partial charge in [-0.15, -0.1) is 0 Å². The van der Waals surface area contributed by atoms with E-state index < -0.39 is 10.0 Å². The third-order valence-corrected chi connectivity index (χ3v) is 5.89. The second-order valence-electron chi connectivity index (χ2n) is 7.25. The topological polar surface area (TPSA) is 66.5 Å². The molecule has 0 unspecified atom stereocenters. The van der Waals surface area contributed by atoms with Gasteiger partial charge in [0.05, 0.1) is 18.5 Å². The lowest BCUT2D eigenvalue weighted by molar-refractivity contribution is 0.0930. The van der Waals surface area contributed by atoms with E-state index in [0.29, 0.717) is 17.2 Å². The van der Waals surface area contributed by atoms with Gasteiger partial charge in [0.1, 0.15) is 0 Å². The summed E-state index contributed by atoms with van der Waals surface area (Å²) in [6.07, 6.45) is 1.19. The van der Waals surface area contributed by atoms with E-state index in [0.717, 1.165) is 11.1 Å². The summed E-state index contributed by atoms with van der Waals surface area (Å²) >= 11 is 0. The zero-order valence-electron chi connectivity index (χ0n) is 16.6. The molecule has 27 heavy (non-hydrogen) atoms. The minimum Gasteiger partial charge on any atom is -0.349 e. The van der Waals surface area contributed by atoms with Gasteiger partial charge < -0.3 is 5.32 Å². The van der Waals surface area contributed by atoms with Crippen LogP contribution in [0.15, 0.2) is 48.5 Å². The van der Waals surface area contributed by atoms with Crippen LogP contribution < -0.4 is 9.62 Å². The molecule has 0 bridgehead atoms. The summed E-state index contributed by atoms with van der Waals surface area (Å²) < 4.78 is 26.0. The largest absolute Gasteiger partial charge is 0.349 e. The van der Waals surface area contributed by atoms with Crippen LogP contribution in [-0.2, 0) is 16.6 Å². The maximum absolute atomic E-state index is 12.3. The molecule has 0 aliphatic carbocycles. The average Bonchev–Trinajstić information content (AvgIpc) is 2.60. The Morgan fingerprint density at radius 3 is 2.15 bits per heavy atom. The van der Waals surface area contributed by atoms with Crippen LogP contribution in [0, 0.1) is 12.8 Å². The van der Waals surface area contributed by atoms with E-state index in [2.05, 4.69) is 5.32 Å². The Kier molecular flexibility index (Phi) is 6.65. The average molecular weight is 389 g/mol. The normalized spacial score (nSPS) is 12.7. The molecule has 0 radical (unpaired) electrons. The van der Waals surface area contributed by atoms with Gasteiger partial charge in [-0.25, -0.2) is 8.42 Å². The smallest absolute Gasteiger partial charge is 0.251 e. The Morgan fingerprint density at radius 1 is 1.04 bits per heavy atom. The van der Waals surface area contributed by atoms with E-state index in [4.69, 9.17) is 0 Å². The van der Waals surface area contributed by atoms with Gasteiger partial charge in [0.15, 0.2) is 0 Å². The summed E-state index contributed by atoms with van der Waals surface area (Å²) in [7, 11) is -3.46. The molecule has 0 aromatic heterocycles. The van der Waals surface area contributed by atoms with Crippen molar-refractivity contribution < 1.29 is 13.2 Å². The number of hydrogen-bond acceptors (Lipinski definition) is 3. The molecule has 2 aromatic rings. The van der Waals surface area contributed by atoms with Gasteiger partial charge in [-0.05, 0) is 55.2 Å². The molecule has 0 fully saturated rings. The zero-order valence-corrected chi connectivity index (χ0v) is 17.4. The van der Waals surface area contributed by atoms with Crippen molar-refractivity contribution in [2.75, 3.05) is 10.6 Å². The predicted molar refractivity (Wildman–Crippen MR) is 110 cm³/mol. The second kappa shape index (κ2) is 8.57. The highest BCUT2D eigenvalue weighted by Crippen LogP contribution is 2.22. The van der Waals surface area contributed by atoms with Crippen LogP contribution in [0.3, 0.4) is 0 Å². The van der Waals surface area contributed by atoms with Crippen LogP contribution in [0.25, 0.3) is 0 Å². The molecule has 1 amide bonds. The van der Waals surface area contributed by atoms with Crippen LogP contribution in [0.2, 0.25) is 0 Å². The van der Waals surface area contributed by atoms with Crippen molar-refractivity contribution in [2.24, 2.45) is 5.92 Å². The minimum absolute atomic E-state index is 0.0609. The van der Waals surface area contributed by atoms with E-state index in [-0.39, 0.29) is 18.5 Å². The Labute approximate surface area is 162 Å². The molecule has 5 nitrogen and oxygen atoms in total. The molecular weight excluding hydrogens is 360 g/mol. The molecule has 0 heterocycles. The maximum Gasteiger partial charge on any atom is 0.251 e. The summed E-state index contributed by atoms with van der Waals surface area (Å²) in [5.41, 5.74) is 3.02. The van der Waals surface area contributed by atoms with Crippen molar-refractivity contribution in [3.63, 3.8) is 0 Å². The van der Waals surface area contributed by atoms with Crippen LogP contribution in [0.1, 0.15) is 42.3 Å². The molecule has 2 aromatic carbocycles. The Bertz CT molecular complexity index is 890. The SMILES string of the molecule is Cc1ccccc1CN(c1ccc(C(=O)N[C@@H](C)C(C)C)cc1)S(C)(=O)=O. The number of carbonyl (C=O) groups excluding carboxylic acids is 1. The number of aryl methyl sites for hydroxylation is 1. The number of benzene rings is 2. The lowest BCUT2D eigenvalue weighted by Crippen LogP contribution is -2.36. The van der Waals surface area contributed by atoms with Crippen LogP contribution in [0.5, 0.6) is 0 Å². The fourth-order valence-corrected chi connectivity index (χ4v) is 3.46. The van der Waals surface area contributed by atoms with Gasteiger partial charge in [-0.3, -0.25) is 9.10 Å². The first-order valence-electron chi connectivity index (χ1n) is 9.02. The number of hydrogen-bond donors (Lipinski definition) is 1. The van der Waals surface area contributed by atoms with Crippen molar-refractivity contribution in [1.29, 1.82) is 0 Å². The van der Waals surface area contributed by atoms with Crippen molar-refractivity contribution in [3.8, 4) is 0 Å². The number of carbonyl (C=O) groups is 1. The van der Waals surface area contributed by atoms with E-state index in [1.54, 1.807) is 24.3 Å². The highest BCUT2D eigenvalue weighted by molar-refractivity contribution is 7.92. The molecule has 6 heteroatoms. The third kappa shape index (κ3) is 5.57. The standard InChI is InChI=1S/C21H28N2O3S/c1-15(2)17(4)22-21(24)18-10-12-20(13-11-18)23(27(5,25)26)14-19-9-7-6-8-16(19)3/h6-13,15,17H,14H2,1-5H3,(H,22,24)/t17-/m0/s1. The molecule has 1 atom stereocenters. The Balaban J connectivity index is 2.25. The summed E-state index contributed by atoms with van der Waals surface area (Å²) in [6.45, 7) is 8.26. The highest BCUT2D eigenvalue weighted by Gasteiger charge is 2.19. The summed E-state index contributed by atoms with van der Waals surface area (Å²) in [5.74, 6) is 0.177. The number of nitrogens with one attached hydrogen (secondary N) is 1. The first-order chi connectivity index (χ1) is 12.6. The van der Waals surface area contributed by atoms with E-state index in [1.165, 1.54) is 10.6 Å². The summed E-state index contributed by atoms with van der Waals surface area (Å²) in [6, 6.07) is 14.4. The first-order valence-corrected chi connectivity index (χ1v) is 10.9. The predicted octanol–water partition coefficient (Wildman–Crippen LogP) is 3.74. The molecule has 0 aliphatic rings. The van der Waals surface area contributed by atoms with Crippen molar-refractivity contribution >= 4 is 21.6 Å². The number of amides is 1. The Hall–Kier alpha value is -2.34.